The SMILES string of the molecule is C=CC(C)=c1cc2c(cc1=CC)C(c1cc(Br)c(OC)c(OC)c1)C(C(=O)OCC)C(=N)O2. The van der Waals surface area contributed by atoms with E-state index in [1.807, 2.05) is 44.2 Å². The predicted octanol–water partition coefficient (Wildman–Crippen LogP) is 4.30. The molecule has 0 fully saturated rings. The molecule has 0 spiro atoms. The molecule has 3 rings (SSSR count). The van der Waals surface area contributed by atoms with Gasteiger partial charge in [0.2, 0.25) is 5.90 Å². The molecule has 0 aliphatic carbocycles. The van der Waals surface area contributed by atoms with Crippen molar-refractivity contribution in [2.24, 2.45) is 5.92 Å². The lowest BCUT2D eigenvalue weighted by Crippen LogP contribution is -2.40. The molecule has 0 aromatic heterocycles. The second-order valence-corrected chi connectivity index (χ2v) is 8.42. The molecule has 33 heavy (non-hydrogen) atoms. The van der Waals surface area contributed by atoms with Crippen LogP contribution in [0.15, 0.2) is 41.4 Å². The summed E-state index contributed by atoms with van der Waals surface area (Å²) >= 11 is 3.55. The van der Waals surface area contributed by atoms with Gasteiger partial charge in [-0.3, -0.25) is 10.2 Å². The van der Waals surface area contributed by atoms with Crippen molar-refractivity contribution in [1.29, 1.82) is 5.41 Å². The molecule has 0 saturated carbocycles. The summed E-state index contributed by atoms with van der Waals surface area (Å²) in [6, 6.07) is 7.62. The van der Waals surface area contributed by atoms with Crippen LogP contribution in [0.4, 0.5) is 0 Å². The normalized spacial score (nSPS) is 18.7. The third-order valence-corrected chi connectivity index (χ3v) is 6.34. The Balaban J connectivity index is 2.38. The summed E-state index contributed by atoms with van der Waals surface area (Å²) in [6.07, 6.45) is 3.79. The van der Waals surface area contributed by atoms with Gasteiger partial charge >= 0.3 is 5.97 Å². The number of allylic oxidation sites excluding steroid dienone is 1. The first-order valence-corrected chi connectivity index (χ1v) is 11.4. The monoisotopic (exact) mass is 513 g/mol. The summed E-state index contributed by atoms with van der Waals surface area (Å²) in [5.41, 5.74) is 2.54. The lowest BCUT2D eigenvalue weighted by molar-refractivity contribution is -0.146. The van der Waals surface area contributed by atoms with Gasteiger partial charge < -0.3 is 18.9 Å². The molecule has 6 nitrogen and oxygen atoms in total. The number of halogens is 1. The highest BCUT2D eigenvalue weighted by molar-refractivity contribution is 9.10. The molecule has 1 aliphatic heterocycles. The molecule has 2 aromatic rings. The van der Waals surface area contributed by atoms with Gasteiger partial charge in [0.1, 0.15) is 11.7 Å². The van der Waals surface area contributed by atoms with Gasteiger partial charge in [-0.2, -0.15) is 0 Å². The number of carbonyl (C=O) groups is 1. The van der Waals surface area contributed by atoms with Crippen LogP contribution in [0.2, 0.25) is 0 Å². The van der Waals surface area contributed by atoms with E-state index in [2.05, 4.69) is 22.5 Å². The van der Waals surface area contributed by atoms with E-state index in [4.69, 9.17) is 24.4 Å². The van der Waals surface area contributed by atoms with Gasteiger partial charge in [-0.25, -0.2) is 0 Å². The molecule has 1 aliphatic rings. The summed E-state index contributed by atoms with van der Waals surface area (Å²) in [6.45, 7) is 9.75. The number of carbonyl (C=O) groups excluding carboxylic acids is 1. The first kappa shape index (κ1) is 24.6. The van der Waals surface area contributed by atoms with E-state index in [0.717, 1.165) is 27.1 Å². The average Bonchev–Trinajstić information content (AvgIpc) is 2.81. The van der Waals surface area contributed by atoms with Crippen molar-refractivity contribution >= 4 is 39.4 Å². The van der Waals surface area contributed by atoms with E-state index in [1.165, 1.54) is 0 Å². The molecule has 0 bridgehead atoms. The van der Waals surface area contributed by atoms with Crippen molar-refractivity contribution in [3.05, 3.63) is 63.0 Å². The van der Waals surface area contributed by atoms with Gasteiger partial charge in [0.15, 0.2) is 11.5 Å². The third kappa shape index (κ3) is 4.55. The largest absolute Gasteiger partial charge is 0.493 e. The third-order valence-electron chi connectivity index (χ3n) is 5.75. The number of ether oxygens (including phenoxy) is 4. The minimum Gasteiger partial charge on any atom is -0.493 e. The fourth-order valence-corrected chi connectivity index (χ4v) is 4.73. The number of nitrogens with one attached hydrogen (secondary N) is 1. The molecular formula is C26H28BrNO5. The van der Waals surface area contributed by atoms with Crippen molar-refractivity contribution in [2.45, 2.75) is 26.7 Å². The Morgan fingerprint density at radius 3 is 2.55 bits per heavy atom. The Hall–Kier alpha value is -3.06. The number of esters is 1. The van der Waals surface area contributed by atoms with Gasteiger partial charge in [0.05, 0.1) is 25.3 Å². The van der Waals surface area contributed by atoms with Crippen molar-refractivity contribution < 1.29 is 23.7 Å². The predicted molar refractivity (Wildman–Crippen MR) is 133 cm³/mol. The zero-order valence-electron chi connectivity index (χ0n) is 19.5. The highest BCUT2D eigenvalue weighted by Gasteiger charge is 2.43. The summed E-state index contributed by atoms with van der Waals surface area (Å²) in [5.74, 6) is -0.547. The van der Waals surface area contributed by atoms with Crippen LogP contribution in [0, 0.1) is 11.3 Å². The van der Waals surface area contributed by atoms with Crippen LogP contribution in [-0.2, 0) is 9.53 Å². The van der Waals surface area contributed by atoms with Crippen LogP contribution in [0.1, 0.15) is 37.8 Å². The zero-order chi connectivity index (χ0) is 24.3. The quantitative estimate of drug-likeness (QED) is 0.582. The van der Waals surface area contributed by atoms with Crippen LogP contribution in [0.3, 0.4) is 0 Å². The lowest BCUT2D eigenvalue weighted by Gasteiger charge is -2.33. The highest BCUT2D eigenvalue weighted by Crippen LogP contribution is 2.46. The van der Waals surface area contributed by atoms with Crippen molar-refractivity contribution in [2.75, 3.05) is 20.8 Å². The van der Waals surface area contributed by atoms with Crippen LogP contribution >= 0.6 is 15.9 Å². The number of rotatable bonds is 6. The minimum atomic E-state index is -0.942. The standard InChI is InChI=1S/C26H28BrNO5/c1-7-14(4)17-13-20-18(10-15(17)8-2)22(23(25(28)33-20)26(29)32-9-3)16-11-19(27)24(31-6)21(12-16)30-5/h7-8,10-13,22-23,28H,1,9H2,2-6H3. The number of benzene rings is 2. The maximum absolute atomic E-state index is 13.0. The molecule has 0 radical (unpaired) electrons. The van der Waals surface area contributed by atoms with Crippen molar-refractivity contribution in [1.82, 2.24) is 0 Å². The summed E-state index contributed by atoms with van der Waals surface area (Å²) < 4.78 is 22.9. The smallest absolute Gasteiger partial charge is 0.319 e. The van der Waals surface area contributed by atoms with E-state index >= 15 is 0 Å². The van der Waals surface area contributed by atoms with Gasteiger partial charge in [0.25, 0.3) is 0 Å². The Kier molecular flexibility index (Phi) is 7.64. The number of fused-ring (bicyclic) bond motifs is 1. The first-order chi connectivity index (χ1) is 15.8. The Morgan fingerprint density at radius 2 is 1.97 bits per heavy atom. The van der Waals surface area contributed by atoms with E-state index < -0.39 is 17.8 Å². The summed E-state index contributed by atoms with van der Waals surface area (Å²) in [7, 11) is 3.12. The fraction of sp³-hybridized carbons (Fsp3) is 0.308. The average molecular weight is 514 g/mol. The van der Waals surface area contributed by atoms with Gasteiger partial charge in [-0.15, -0.1) is 0 Å². The zero-order valence-corrected chi connectivity index (χ0v) is 21.0. The van der Waals surface area contributed by atoms with Crippen LogP contribution in [-0.4, -0.2) is 32.7 Å². The Morgan fingerprint density at radius 1 is 1.24 bits per heavy atom. The molecule has 7 heteroatoms. The Labute approximate surface area is 202 Å². The number of hydrogen-bond donors (Lipinski definition) is 1. The highest BCUT2D eigenvalue weighted by atomic mass is 79.9. The maximum Gasteiger partial charge on any atom is 0.319 e. The number of methoxy groups -OCH3 is 2. The molecule has 2 aromatic carbocycles. The molecular weight excluding hydrogens is 486 g/mol. The van der Waals surface area contributed by atoms with E-state index in [9.17, 15) is 4.79 Å². The molecule has 1 N–H and O–H groups in total. The Bertz CT molecular complexity index is 1230. The minimum absolute atomic E-state index is 0.160. The fourth-order valence-electron chi connectivity index (χ4n) is 4.11. The van der Waals surface area contributed by atoms with Crippen LogP contribution in [0.5, 0.6) is 17.2 Å². The van der Waals surface area contributed by atoms with E-state index in [1.54, 1.807) is 27.2 Å². The molecule has 0 amide bonds. The topological polar surface area (TPSA) is 77.8 Å². The second-order valence-electron chi connectivity index (χ2n) is 7.57. The summed E-state index contributed by atoms with van der Waals surface area (Å²) in [4.78, 5) is 13.0. The van der Waals surface area contributed by atoms with E-state index in [0.29, 0.717) is 21.7 Å². The first-order valence-electron chi connectivity index (χ1n) is 10.6. The second kappa shape index (κ2) is 10.3. The molecule has 2 unspecified atom stereocenters. The molecule has 174 valence electrons. The van der Waals surface area contributed by atoms with Gasteiger partial charge in [0, 0.05) is 11.5 Å². The lowest BCUT2D eigenvalue weighted by atomic mass is 9.78. The van der Waals surface area contributed by atoms with E-state index in [-0.39, 0.29) is 12.5 Å². The number of hydrogen-bond acceptors (Lipinski definition) is 6. The van der Waals surface area contributed by atoms with Gasteiger partial charge in [-0.05, 0) is 82.5 Å². The van der Waals surface area contributed by atoms with Gasteiger partial charge in [-0.1, -0.05) is 18.7 Å². The van der Waals surface area contributed by atoms with Crippen LogP contribution in [0.25, 0.3) is 11.6 Å². The summed E-state index contributed by atoms with van der Waals surface area (Å²) in [5, 5.41) is 10.5. The molecule has 1 heterocycles. The molecule has 2 atom stereocenters. The van der Waals surface area contributed by atoms with Crippen molar-refractivity contribution in [3.63, 3.8) is 0 Å². The maximum atomic E-state index is 13.0. The molecule has 0 saturated heterocycles. The van der Waals surface area contributed by atoms with Crippen molar-refractivity contribution in [3.8, 4) is 17.2 Å². The van der Waals surface area contributed by atoms with Crippen LogP contribution < -0.4 is 24.6 Å².